The first-order chi connectivity index (χ1) is 73.1. The van der Waals surface area contributed by atoms with Crippen LogP contribution in [-0.4, -0.2) is 170 Å². The highest BCUT2D eigenvalue weighted by atomic mass is 16.5. The minimum Gasteiger partial charge on any atom is -0.381 e. The summed E-state index contributed by atoms with van der Waals surface area (Å²) in [4.78, 5) is 21.7. The van der Waals surface area contributed by atoms with Gasteiger partial charge in [-0.25, -0.2) is 19.9 Å². The Morgan fingerprint density at radius 3 is 0.818 bits per heavy atom. The van der Waals surface area contributed by atoms with E-state index in [-0.39, 0.29) is 21.7 Å². The van der Waals surface area contributed by atoms with E-state index in [1.807, 2.05) is 24.3 Å². The maximum Gasteiger partial charge on any atom is 0.235 e. The fourth-order valence-corrected chi connectivity index (χ4v) is 21.3. The van der Waals surface area contributed by atoms with Crippen LogP contribution in [0.2, 0.25) is 0 Å². The lowest BCUT2D eigenvalue weighted by atomic mass is 9.84. The number of ether oxygens (including phenoxy) is 12. The smallest absolute Gasteiger partial charge is 0.235 e. The molecule has 20 nitrogen and oxygen atoms in total. The SMILES string of the molecule is CCC1(COCCCCCOCc2ccc3c(c2)c2c(ccc4c5cc(COCCCCCOCC6(CC)COC6)ccc5n(-c5nc(-c6ccccc6)cc(-c6ccccc6)n5)c42)n3-c2ccccc2)COC1.CCC1(COCCCCCOCc2ccc3c(c2)c2cc4c5cc(COCCCCCOCC6(CC)COC6)ccc5n(-c5nc(-c6ccccc6)cc(-c6ccccc6)n5)c4cc2n3-c2ccccc2)COC1. The summed E-state index contributed by atoms with van der Waals surface area (Å²) in [6, 6.07) is 104. The van der Waals surface area contributed by atoms with Gasteiger partial charge in [0.1, 0.15) is 0 Å². The molecule has 4 aliphatic heterocycles. The molecule has 22 rings (SSSR count). The molecule has 6 aromatic heterocycles. The van der Waals surface area contributed by atoms with Crippen molar-refractivity contribution in [2.24, 2.45) is 21.7 Å². The molecular weight excluding hydrogens is 1840 g/mol. The standard InChI is InChI=1S/2C64H70N4O6/c1-3-63(43-73-44-63)41-71-34-18-8-16-32-69-39-47-26-29-57-53(36-47)52-28-31-59-60(61(52)68(57)62-65-55(49-20-10-5-11-21-49)38-56(66-62)50-22-12-6-13-23-50)54-37-48(27-30-58(54)67(59)51-24-14-7-15-25-51)40-70-33-17-9-19-35-72-42-64(4-2)45-74-46-64;1-3-63(43-73-44-63)41-71-32-18-8-16-30-69-39-47-26-28-58-52(34-47)54-36-55-53-35-48(40-70-31-17-9-19-33-72-42-64(4-2)45-74-46-64)27-29-59(53)68(61(55)38-60(54)67(58)51-24-14-7-15-25-51)62-65-56(49-20-10-5-11-21-49)37-57(66-62)50-22-12-6-13-23-50/h5-7,10-15,20-31,36-38H,3-4,8-9,16-19,32-35,39-46H2,1-2H3;5-7,10-15,20-29,34-38H,3-4,8-9,16-19,30-33,39-46H2,1-2H3. The molecule has 0 saturated carbocycles. The van der Waals surface area contributed by atoms with Crippen molar-refractivity contribution in [3.8, 4) is 68.3 Å². The van der Waals surface area contributed by atoms with Crippen molar-refractivity contribution in [2.45, 2.75) is 157 Å². The molecule has 148 heavy (non-hydrogen) atoms. The maximum absolute atomic E-state index is 6.41. The van der Waals surface area contributed by atoms with Crippen LogP contribution in [-0.2, 0) is 83.3 Å². The summed E-state index contributed by atoms with van der Waals surface area (Å²) in [6.45, 7) is 26.8. The van der Waals surface area contributed by atoms with Crippen molar-refractivity contribution < 1.29 is 56.8 Å². The Balaban J connectivity index is 0.000000173. The lowest BCUT2D eigenvalue weighted by molar-refractivity contribution is -0.150. The van der Waals surface area contributed by atoms with Crippen molar-refractivity contribution >= 4 is 87.2 Å². The molecule has 12 aromatic carbocycles. The lowest BCUT2D eigenvalue weighted by Crippen LogP contribution is -2.45. The fraction of sp³-hybridized carbons (Fsp3) is 0.375. The van der Waals surface area contributed by atoms with E-state index < -0.39 is 0 Å². The van der Waals surface area contributed by atoms with Crippen LogP contribution in [0.3, 0.4) is 0 Å². The highest BCUT2D eigenvalue weighted by Crippen LogP contribution is 2.47. The average Bonchev–Trinajstić information content (AvgIpc) is 1.49. The zero-order valence-electron chi connectivity index (χ0n) is 86.5. The topological polar surface area (TPSA) is 182 Å². The zero-order chi connectivity index (χ0) is 100. The monoisotopic (exact) mass is 1980 g/mol. The van der Waals surface area contributed by atoms with E-state index >= 15 is 0 Å². The van der Waals surface area contributed by atoms with Gasteiger partial charge in [-0.15, -0.1) is 0 Å². The van der Waals surface area contributed by atoms with E-state index in [0.29, 0.717) is 64.8 Å². The Hall–Kier alpha value is -12.5. The molecule has 10 heterocycles. The van der Waals surface area contributed by atoms with Crippen molar-refractivity contribution in [3.63, 3.8) is 0 Å². The largest absolute Gasteiger partial charge is 0.381 e. The van der Waals surface area contributed by atoms with Crippen molar-refractivity contribution in [1.82, 2.24) is 38.2 Å². The highest BCUT2D eigenvalue weighted by molar-refractivity contribution is 6.26. The highest BCUT2D eigenvalue weighted by Gasteiger charge is 2.40. The van der Waals surface area contributed by atoms with Gasteiger partial charge in [0.05, 0.1) is 173 Å². The number of unbranched alkanes of at least 4 members (excludes halogenated alkanes) is 8. The van der Waals surface area contributed by atoms with Gasteiger partial charge in [-0.1, -0.05) is 216 Å². The second-order valence-corrected chi connectivity index (χ2v) is 41.6. The predicted octanol–water partition coefficient (Wildman–Crippen LogP) is 28.5. The van der Waals surface area contributed by atoms with E-state index in [1.54, 1.807) is 0 Å². The van der Waals surface area contributed by atoms with Crippen LogP contribution in [0.25, 0.3) is 156 Å². The summed E-state index contributed by atoms with van der Waals surface area (Å²) in [5.41, 5.74) is 23.9. The van der Waals surface area contributed by atoms with Crippen molar-refractivity contribution in [1.29, 1.82) is 0 Å². The van der Waals surface area contributed by atoms with Gasteiger partial charge < -0.3 is 66.0 Å². The second kappa shape index (κ2) is 48.0. The molecule has 0 unspecified atom stereocenters. The molecule has 20 heteroatoms. The number of nitrogens with zero attached hydrogens (tertiary/aromatic N) is 8. The van der Waals surface area contributed by atoms with Gasteiger partial charge in [0.25, 0.3) is 0 Å². The van der Waals surface area contributed by atoms with Crippen LogP contribution >= 0.6 is 0 Å². The van der Waals surface area contributed by atoms with Crippen LogP contribution in [0, 0.1) is 21.7 Å². The van der Waals surface area contributed by atoms with Gasteiger partial charge in [-0.05, 0) is 228 Å². The zero-order valence-corrected chi connectivity index (χ0v) is 86.5. The first-order valence-corrected chi connectivity index (χ1v) is 54.2. The molecule has 0 amide bonds. The number of hydrogen-bond donors (Lipinski definition) is 0. The summed E-state index contributed by atoms with van der Waals surface area (Å²) in [5, 5.41) is 9.17. The molecule has 0 N–H and O–H groups in total. The van der Waals surface area contributed by atoms with E-state index in [2.05, 4.69) is 313 Å². The molecule has 764 valence electrons. The summed E-state index contributed by atoms with van der Waals surface area (Å²) in [5.74, 6) is 1.23. The third-order valence-electron chi connectivity index (χ3n) is 31.0. The summed E-state index contributed by atoms with van der Waals surface area (Å²) in [7, 11) is 0. The molecule has 0 aliphatic carbocycles. The maximum atomic E-state index is 6.41. The average molecular weight is 1980 g/mol. The molecule has 0 spiro atoms. The van der Waals surface area contributed by atoms with Crippen LogP contribution in [0.15, 0.2) is 291 Å². The summed E-state index contributed by atoms with van der Waals surface area (Å²) < 4.78 is 81.0. The summed E-state index contributed by atoms with van der Waals surface area (Å²) >= 11 is 0. The van der Waals surface area contributed by atoms with Crippen LogP contribution in [0.1, 0.15) is 153 Å². The third kappa shape index (κ3) is 22.8. The van der Waals surface area contributed by atoms with E-state index in [1.165, 1.54) is 10.8 Å². The molecule has 18 aromatic rings. The number of rotatable bonds is 52. The summed E-state index contributed by atoms with van der Waals surface area (Å²) in [6.07, 6.45) is 16.8. The van der Waals surface area contributed by atoms with Gasteiger partial charge in [0.15, 0.2) is 0 Å². The second-order valence-electron chi connectivity index (χ2n) is 41.6. The molecule has 4 fully saturated rings. The van der Waals surface area contributed by atoms with Crippen molar-refractivity contribution in [3.05, 3.63) is 313 Å². The van der Waals surface area contributed by atoms with Crippen molar-refractivity contribution in [2.75, 3.05) is 132 Å². The number of aromatic nitrogens is 8. The Bertz CT molecular complexity index is 7230. The molecule has 0 bridgehead atoms. The molecular formula is C128H140N8O12. The quantitative estimate of drug-likeness (QED) is 0.0328. The van der Waals surface area contributed by atoms with Crippen LogP contribution in [0.4, 0.5) is 0 Å². The van der Waals surface area contributed by atoms with Gasteiger partial charge in [-0.3, -0.25) is 9.13 Å². The Morgan fingerprint density at radius 2 is 0.493 bits per heavy atom. The van der Waals surface area contributed by atoms with Gasteiger partial charge in [0.2, 0.25) is 11.9 Å². The Morgan fingerprint density at radius 1 is 0.230 bits per heavy atom. The first-order valence-electron chi connectivity index (χ1n) is 54.2. The Labute approximate surface area is 869 Å². The van der Waals surface area contributed by atoms with Crippen LogP contribution in [0.5, 0.6) is 0 Å². The molecule has 4 saturated heterocycles. The number of fused-ring (bicyclic) bond motifs is 13. The minimum atomic E-state index is 0.229. The minimum absolute atomic E-state index is 0.229. The number of benzene rings is 12. The lowest BCUT2D eigenvalue weighted by Gasteiger charge is -2.40. The van der Waals surface area contributed by atoms with Gasteiger partial charge in [0, 0.05) is 151 Å². The molecule has 0 atom stereocenters. The van der Waals surface area contributed by atoms with Gasteiger partial charge in [-0.2, -0.15) is 0 Å². The van der Waals surface area contributed by atoms with Gasteiger partial charge >= 0.3 is 0 Å². The first kappa shape index (κ1) is 101. The fourth-order valence-electron chi connectivity index (χ4n) is 21.3. The van der Waals surface area contributed by atoms with E-state index in [9.17, 15) is 0 Å². The predicted molar refractivity (Wildman–Crippen MR) is 595 cm³/mol. The van der Waals surface area contributed by atoms with E-state index in [0.717, 1.165) is 364 Å². The Kier molecular flexibility index (Phi) is 32.9. The van der Waals surface area contributed by atoms with E-state index in [4.69, 9.17) is 76.8 Å². The third-order valence-corrected chi connectivity index (χ3v) is 31.0. The number of hydrogen-bond acceptors (Lipinski definition) is 16. The molecule has 0 radical (unpaired) electrons. The normalized spacial score (nSPS) is 15.1. The molecule has 4 aliphatic rings. The number of para-hydroxylation sites is 2. The van der Waals surface area contributed by atoms with Crippen LogP contribution < -0.4 is 0 Å².